The molecule has 0 saturated heterocycles. The number of nitrogens with zero attached hydrogens (tertiary/aromatic N) is 2. The zero-order chi connectivity index (χ0) is 16.5. The molecule has 0 N–H and O–H groups in total. The Bertz CT molecular complexity index is 546. The van der Waals surface area contributed by atoms with Crippen molar-refractivity contribution in [2.45, 2.75) is 66.2 Å². The fourth-order valence-electron chi connectivity index (χ4n) is 2.03. The number of aryl methyl sites for hydroxylation is 2. The lowest BCUT2D eigenvalue weighted by atomic mass is 10.0. The van der Waals surface area contributed by atoms with Crippen molar-refractivity contribution in [2.75, 3.05) is 0 Å². The highest BCUT2D eigenvalue weighted by Crippen LogP contribution is 2.16. The lowest BCUT2D eigenvalue weighted by molar-refractivity contribution is 0.705. The van der Waals surface area contributed by atoms with E-state index in [1.165, 1.54) is 17.0 Å². The van der Waals surface area contributed by atoms with Gasteiger partial charge in [-0.05, 0) is 62.3 Å². The molecule has 2 nitrogen and oxygen atoms in total. The summed E-state index contributed by atoms with van der Waals surface area (Å²) in [5, 5.41) is 0. The summed E-state index contributed by atoms with van der Waals surface area (Å²) in [7, 11) is 0. The van der Waals surface area contributed by atoms with Gasteiger partial charge in [-0.3, -0.25) is 9.97 Å². The Morgan fingerprint density at radius 1 is 0.864 bits per heavy atom. The molecule has 0 aromatic carbocycles. The molecule has 0 aliphatic heterocycles. The lowest BCUT2D eigenvalue weighted by Crippen LogP contribution is -1.95. The number of hydrogen-bond acceptors (Lipinski definition) is 2. The van der Waals surface area contributed by atoms with Gasteiger partial charge in [0.25, 0.3) is 0 Å². The van der Waals surface area contributed by atoms with E-state index >= 15 is 0 Å². The van der Waals surface area contributed by atoms with Crippen molar-refractivity contribution in [3.05, 3.63) is 59.2 Å². The largest absolute Gasteiger partial charge is 0.261 e. The van der Waals surface area contributed by atoms with E-state index in [4.69, 9.17) is 0 Å². The predicted molar refractivity (Wildman–Crippen MR) is 95.4 cm³/mol. The van der Waals surface area contributed by atoms with Crippen molar-refractivity contribution in [2.24, 2.45) is 0 Å². The number of rotatable bonds is 4. The van der Waals surface area contributed by atoms with Gasteiger partial charge in [-0.15, -0.1) is 0 Å². The topological polar surface area (TPSA) is 25.8 Å². The molecule has 0 amide bonds. The van der Waals surface area contributed by atoms with Crippen LogP contribution in [0.4, 0.5) is 0 Å². The molecule has 2 aromatic heterocycles. The molecule has 0 aliphatic rings. The summed E-state index contributed by atoms with van der Waals surface area (Å²) < 4.78 is 0. The minimum absolute atomic E-state index is 0.592. The van der Waals surface area contributed by atoms with Crippen LogP contribution in [-0.2, 0) is 0 Å². The Kier molecular flexibility index (Phi) is 7.79. The van der Waals surface area contributed by atoms with E-state index in [2.05, 4.69) is 68.9 Å². The molecule has 2 aromatic rings. The molecular weight excluding hydrogens is 268 g/mol. The van der Waals surface area contributed by atoms with Crippen molar-refractivity contribution < 1.29 is 0 Å². The van der Waals surface area contributed by atoms with Crippen molar-refractivity contribution in [3.8, 4) is 0 Å². The zero-order valence-corrected chi connectivity index (χ0v) is 14.9. The number of pyridine rings is 2. The highest BCUT2D eigenvalue weighted by atomic mass is 14.7. The molecule has 0 fully saturated rings. The van der Waals surface area contributed by atoms with Gasteiger partial charge >= 0.3 is 0 Å². The van der Waals surface area contributed by atoms with Crippen LogP contribution < -0.4 is 0 Å². The van der Waals surface area contributed by atoms with Crippen LogP contribution >= 0.6 is 0 Å². The van der Waals surface area contributed by atoms with Crippen molar-refractivity contribution in [1.82, 2.24) is 9.97 Å². The average Bonchev–Trinajstić information content (AvgIpc) is 2.54. The van der Waals surface area contributed by atoms with E-state index in [-0.39, 0.29) is 0 Å². The van der Waals surface area contributed by atoms with Crippen LogP contribution in [0.2, 0.25) is 0 Å². The fourth-order valence-corrected chi connectivity index (χ4v) is 2.03. The smallest absolute Gasteiger partial charge is 0.0434 e. The van der Waals surface area contributed by atoms with Crippen molar-refractivity contribution in [3.63, 3.8) is 0 Å². The van der Waals surface area contributed by atoms with Gasteiger partial charge in [0.05, 0.1) is 0 Å². The molecule has 0 bridgehead atoms. The van der Waals surface area contributed by atoms with Gasteiger partial charge in [0.2, 0.25) is 0 Å². The summed E-state index contributed by atoms with van der Waals surface area (Å²) in [4.78, 5) is 8.79. The van der Waals surface area contributed by atoms with Gasteiger partial charge in [-0.25, -0.2) is 0 Å². The van der Waals surface area contributed by atoms with Gasteiger partial charge in [-0.2, -0.15) is 0 Å². The van der Waals surface area contributed by atoms with Gasteiger partial charge in [0, 0.05) is 23.3 Å². The third-order valence-electron chi connectivity index (χ3n) is 4.08. The van der Waals surface area contributed by atoms with E-state index in [0.29, 0.717) is 11.8 Å². The number of hydrogen-bond donors (Lipinski definition) is 0. The molecule has 2 heteroatoms. The SMILES string of the molecule is CCC(C)c1ccc(C)cn1.CCC(C)c1cccc(C)n1. The van der Waals surface area contributed by atoms with Gasteiger partial charge in [-0.1, -0.05) is 39.8 Å². The molecule has 2 unspecified atom stereocenters. The Labute approximate surface area is 136 Å². The van der Waals surface area contributed by atoms with Crippen LogP contribution in [-0.4, -0.2) is 9.97 Å². The standard InChI is InChI=1S/2C10H15N/c1-4-9(3)10-6-5-8(2)7-11-10;1-4-8(2)10-7-5-6-9(3)11-10/h5-7,9H,4H2,1-3H3;5-8H,4H2,1-3H3. The molecule has 2 heterocycles. The van der Waals surface area contributed by atoms with Gasteiger partial charge in [0.1, 0.15) is 0 Å². The second kappa shape index (κ2) is 9.34. The third kappa shape index (κ3) is 5.97. The van der Waals surface area contributed by atoms with Crippen LogP contribution in [0.25, 0.3) is 0 Å². The maximum absolute atomic E-state index is 4.44. The summed E-state index contributed by atoms with van der Waals surface area (Å²) in [6.45, 7) is 12.9. The Balaban J connectivity index is 0.000000220. The molecule has 0 saturated carbocycles. The highest BCUT2D eigenvalue weighted by Gasteiger charge is 2.03. The first-order valence-corrected chi connectivity index (χ1v) is 8.34. The fraction of sp³-hybridized carbons (Fsp3) is 0.500. The average molecular weight is 298 g/mol. The normalized spacial score (nSPS) is 13.0. The molecular formula is C20H30N2. The first kappa shape index (κ1) is 18.3. The second-order valence-corrected chi connectivity index (χ2v) is 6.08. The predicted octanol–water partition coefficient (Wildman–Crippen LogP) is 5.81. The quantitative estimate of drug-likeness (QED) is 0.712. The number of aromatic nitrogens is 2. The molecule has 2 atom stereocenters. The maximum atomic E-state index is 4.44. The molecule has 22 heavy (non-hydrogen) atoms. The van der Waals surface area contributed by atoms with Crippen molar-refractivity contribution >= 4 is 0 Å². The second-order valence-electron chi connectivity index (χ2n) is 6.08. The summed E-state index contributed by atoms with van der Waals surface area (Å²) in [5.74, 6) is 1.19. The first-order valence-electron chi connectivity index (χ1n) is 8.34. The van der Waals surface area contributed by atoms with E-state index in [1.807, 2.05) is 19.2 Å². The monoisotopic (exact) mass is 298 g/mol. The van der Waals surface area contributed by atoms with Crippen LogP contribution in [0.5, 0.6) is 0 Å². The Morgan fingerprint density at radius 2 is 1.50 bits per heavy atom. The van der Waals surface area contributed by atoms with Gasteiger partial charge in [0.15, 0.2) is 0 Å². The van der Waals surface area contributed by atoms with E-state index in [1.54, 1.807) is 0 Å². The summed E-state index contributed by atoms with van der Waals surface area (Å²) in [6, 6.07) is 10.4. The molecule has 2 rings (SSSR count). The maximum Gasteiger partial charge on any atom is 0.0434 e. The minimum Gasteiger partial charge on any atom is -0.261 e. The minimum atomic E-state index is 0.592. The molecule has 120 valence electrons. The lowest BCUT2D eigenvalue weighted by Gasteiger charge is -2.07. The highest BCUT2D eigenvalue weighted by molar-refractivity contribution is 5.15. The van der Waals surface area contributed by atoms with Crippen LogP contribution in [0.1, 0.15) is 75.0 Å². The van der Waals surface area contributed by atoms with E-state index < -0.39 is 0 Å². The van der Waals surface area contributed by atoms with Gasteiger partial charge < -0.3 is 0 Å². The summed E-state index contributed by atoms with van der Waals surface area (Å²) in [5.41, 5.74) is 4.77. The zero-order valence-electron chi connectivity index (χ0n) is 14.9. The van der Waals surface area contributed by atoms with Crippen LogP contribution in [0.15, 0.2) is 36.5 Å². The first-order chi connectivity index (χ1) is 10.5. The molecule has 0 aliphatic carbocycles. The summed E-state index contributed by atoms with van der Waals surface area (Å²) >= 11 is 0. The molecule has 0 spiro atoms. The van der Waals surface area contributed by atoms with E-state index in [9.17, 15) is 0 Å². The summed E-state index contributed by atoms with van der Waals surface area (Å²) in [6.07, 6.45) is 4.26. The van der Waals surface area contributed by atoms with Crippen LogP contribution in [0, 0.1) is 13.8 Å². The molecule has 0 radical (unpaired) electrons. The third-order valence-corrected chi connectivity index (χ3v) is 4.08. The van der Waals surface area contributed by atoms with Crippen LogP contribution in [0.3, 0.4) is 0 Å². The Morgan fingerprint density at radius 3 is 2.00 bits per heavy atom. The Hall–Kier alpha value is -1.70. The van der Waals surface area contributed by atoms with E-state index in [0.717, 1.165) is 18.5 Å². The van der Waals surface area contributed by atoms with Crippen molar-refractivity contribution in [1.29, 1.82) is 0 Å².